The molecule has 4 atom stereocenters. The average molecular weight is 587 g/mol. The van der Waals surface area contributed by atoms with Crippen LogP contribution < -0.4 is 27.4 Å². The highest BCUT2D eigenvalue weighted by Crippen LogP contribution is 2.19. The van der Waals surface area contributed by atoms with Gasteiger partial charge in [-0.1, -0.05) is 37.3 Å². The minimum atomic E-state index is -1.23. The van der Waals surface area contributed by atoms with Crippen molar-refractivity contribution >= 4 is 40.6 Å². The van der Waals surface area contributed by atoms with E-state index in [1.165, 1.54) is 6.92 Å². The average Bonchev–Trinajstić information content (AvgIpc) is 3.57. The lowest BCUT2D eigenvalue weighted by molar-refractivity contribution is -0.141. The quantitative estimate of drug-likeness (QED) is 0.0601. The third kappa shape index (κ3) is 9.31. The number of H-pyrrole nitrogens is 1. The number of amides is 3. The van der Waals surface area contributed by atoms with Crippen molar-refractivity contribution in [3.63, 3.8) is 0 Å². The van der Waals surface area contributed by atoms with Crippen LogP contribution in [0.3, 0.4) is 0 Å². The molecular weight excluding hydrogens is 544 g/mol. The molecule has 0 saturated carbocycles. The molecule has 2 heterocycles. The maximum atomic E-state index is 13.0. The predicted octanol–water partition coefficient (Wildman–Crippen LogP) is -0.469. The van der Waals surface area contributed by atoms with Gasteiger partial charge in [-0.25, -0.2) is 4.79 Å². The third-order valence-corrected chi connectivity index (χ3v) is 6.87. The number of aromatic amines is 1. The van der Waals surface area contributed by atoms with Crippen molar-refractivity contribution in [3.05, 3.63) is 47.7 Å². The zero-order valence-electron chi connectivity index (χ0n) is 22.9. The second-order valence-corrected chi connectivity index (χ2v) is 10.1. The van der Waals surface area contributed by atoms with E-state index in [4.69, 9.17) is 16.9 Å². The Balaban J connectivity index is 0.00000616. The zero-order valence-corrected chi connectivity index (χ0v) is 22.9. The number of aliphatic carboxylic acids is 1. The molecule has 0 bridgehead atoms. The Morgan fingerprint density at radius 3 is 2.48 bits per heavy atom. The molecule has 1 aliphatic heterocycles. The Morgan fingerprint density at radius 1 is 1.12 bits per heavy atom. The maximum absolute atomic E-state index is 13.0. The molecule has 1 aromatic heterocycles. The molecule has 3 amide bonds. The highest BCUT2D eigenvalue weighted by molar-refractivity contribution is 5.90. The van der Waals surface area contributed by atoms with E-state index in [2.05, 4.69) is 20.9 Å². The lowest BCUT2D eigenvalue weighted by atomic mass is 10.0. The summed E-state index contributed by atoms with van der Waals surface area (Å²) in [5, 5.41) is 35.5. The summed E-state index contributed by atoms with van der Waals surface area (Å²) >= 11 is 0. The summed E-state index contributed by atoms with van der Waals surface area (Å²) < 4.78 is 0. The molecule has 3 unspecified atom stereocenters. The van der Waals surface area contributed by atoms with Crippen LogP contribution in [0, 0.1) is 5.41 Å². The van der Waals surface area contributed by atoms with Crippen LogP contribution in [0.5, 0.6) is 0 Å². The van der Waals surface area contributed by atoms with Crippen LogP contribution >= 0.6 is 0 Å². The van der Waals surface area contributed by atoms with E-state index >= 15 is 0 Å². The number of carboxylic acids is 1. The molecule has 1 aliphatic rings. The molecule has 14 nitrogen and oxygen atoms in total. The van der Waals surface area contributed by atoms with Gasteiger partial charge in [0.15, 0.2) is 5.96 Å². The molecule has 0 saturated heterocycles. The Kier molecular flexibility index (Phi) is 12.5. The zero-order chi connectivity index (χ0) is 30.1. The minimum absolute atomic E-state index is 0. The molecular formula is C28H42N8O6. The smallest absolute Gasteiger partial charge is 0.326 e. The van der Waals surface area contributed by atoms with Gasteiger partial charge in [0.2, 0.25) is 17.7 Å². The van der Waals surface area contributed by atoms with Crippen molar-refractivity contribution in [2.45, 2.75) is 64.3 Å². The predicted molar refractivity (Wildman–Crippen MR) is 158 cm³/mol. The highest BCUT2D eigenvalue weighted by Gasteiger charge is 2.28. The summed E-state index contributed by atoms with van der Waals surface area (Å²) in [6.45, 7) is 2.21. The number of aliphatic hydroxyl groups excluding tert-OH is 1. The lowest BCUT2D eigenvalue weighted by Crippen LogP contribution is -2.54. The first-order valence-electron chi connectivity index (χ1n) is 13.3. The van der Waals surface area contributed by atoms with Crippen molar-refractivity contribution in [2.24, 2.45) is 11.5 Å². The number of hydrogen-bond acceptors (Lipinski definition) is 7. The lowest BCUT2D eigenvalue weighted by Gasteiger charge is -2.23. The standard InChI is InChI=1S/C27H38N8O6.CH4/c1-15(36)23(28)25(39)34-20(11-16-8-10-35(14-16)27(29)30)24(38)31-9-4-7-22(37)33-21(26(40)41)12-17-13-32-19-6-3-2-5-18(17)19;/h2-3,5-6,8,13,15,20-21,23,32,36H,4,7,9-12,14,28H2,1H3,(H3,29,30)(H,31,38)(H,33,37)(H,34,39)(H,40,41);1H4/t15?,20?,21-,23?;/m0./s1. The van der Waals surface area contributed by atoms with Gasteiger partial charge in [0.05, 0.1) is 6.10 Å². The number of carbonyl (C=O) groups excluding carboxylic acids is 3. The fourth-order valence-electron chi connectivity index (χ4n) is 4.47. The van der Waals surface area contributed by atoms with E-state index in [-0.39, 0.29) is 45.6 Å². The molecule has 0 spiro atoms. The van der Waals surface area contributed by atoms with Gasteiger partial charge in [0.25, 0.3) is 0 Å². The minimum Gasteiger partial charge on any atom is -0.480 e. The van der Waals surface area contributed by atoms with Gasteiger partial charge in [-0.15, -0.1) is 0 Å². The molecule has 0 radical (unpaired) electrons. The van der Waals surface area contributed by atoms with Gasteiger partial charge in [0, 0.05) is 49.6 Å². The third-order valence-electron chi connectivity index (χ3n) is 6.87. The summed E-state index contributed by atoms with van der Waals surface area (Å²) in [6, 6.07) is 4.12. The van der Waals surface area contributed by atoms with Gasteiger partial charge < -0.3 is 47.5 Å². The van der Waals surface area contributed by atoms with Crippen molar-refractivity contribution in [1.82, 2.24) is 25.8 Å². The summed E-state index contributed by atoms with van der Waals surface area (Å²) in [4.78, 5) is 54.4. The number of aliphatic hydroxyl groups is 1. The Labute approximate surface area is 244 Å². The SMILES string of the molecule is C.CC(O)C(N)C(=O)NC(CC1=CCN(C(=N)N)C1)C(=O)NCCCC(=O)N[C@@H](Cc1c[nH]c2ccccc12)C(=O)O. The van der Waals surface area contributed by atoms with E-state index < -0.39 is 47.9 Å². The van der Waals surface area contributed by atoms with Crippen molar-refractivity contribution < 1.29 is 29.4 Å². The number of para-hydroxylation sites is 1. The molecule has 11 N–H and O–H groups in total. The molecule has 14 heteroatoms. The summed E-state index contributed by atoms with van der Waals surface area (Å²) in [6.07, 6.45) is 2.87. The topological polar surface area (TPSA) is 240 Å². The fourth-order valence-corrected chi connectivity index (χ4v) is 4.47. The van der Waals surface area contributed by atoms with Gasteiger partial charge in [-0.2, -0.15) is 0 Å². The largest absolute Gasteiger partial charge is 0.480 e. The second-order valence-electron chi connectivity index (χ2n) is 10.1. The van der Waals surface area contributed by atoms with Crippen LogP contribution in [0.2, 0.25) is 0 Å². The molecule has 2 aromatic rings. The van der Waals surface area contributed by atoms with Crippen LogP contribution in [0.1, 0.15) is 39.2 Å². The first-order chi connectivity index (χ1) is 19.5. The van der Waals surface area contributed by atoms with E-state index in [9.17, 15) is 29.4 Å². The van der Waals surface area contributed by atoms with Gasteiger partial charge in [-0.3, -0.25) is 19.8 Å². The summed E-state index contributed by atoms with van der Waals surface area (Å²) in [7, 11) is 0. The van der Waals surface area contributed by atoms with E-state index in [0.29, 0.717) is 13.1 Å². The second kappa shape index (κ2) is 15.5. The number of carbonyl (C=O) groups is 4. The number of guanidine groups is 1. The number of nitrogens with zero attached hydrogens (tertiary/aromatic N) is 1. The Hall–Kier alpha value is -4.43. The van der Waals surface area contributed by atoms with E-state index in [1.807, 2.05) is 30.3 Å². The highest BCUT2D eigenvalue weighted by atomic mass is 16.4. The van der Waals surface area contributed by atoms with E-state index in [1.54, 1.807) is 11.1 Å². The normalized spacial score (nSPS) is 15.5. The molecule has 230 valence electrons. The van der Waals surface area contributed by atoms with Gasteiger partial charge in [0.1, 0.15) is 18.1 Å². The summed E-state index contributed by atoms with van der Waals surface area (Å²) in [5.41, 5.74) is 13.7. The Bertz CT molecular complexity index is 1310. The van der Waals surface area contributed by atoms with Crippen LogP contribution in [-0.4, -0.2) is 93.6 Å². The van der Waals surface area contributed by atoms with Crippen LogP contribution in [0.25, 0.3) is 10.9 Å². The number of carboxylic acid groups (broad SMARTS) is 1. The number of rotatable bonds is 14. The number of nitrogens with one attached hydrogen (secondary N) is 5. The van der Waals surface area contributed by atoms with Crippen LogP contribution in [0.15, 0.2) is 42.1 Å². The molecule has 42 heavy (non-hydrogen) atoms. The molecule has 0 fully saturated rings. The van der Waals surface area contributed by atoms with Gasteiger partial charge in [-0.05, 0) is 31.4 Å². The van der Waals surface area contributed by atoms with Crippen molar-refractivity contribution in [3.8, 4) is 0 Å². The fraction of sp³-hybridized carbons (Fsp3) is 0.464. The summed E-state index contributed by atoms with van der Waals surface area (Å²) in [5.74, 6) is -2.95. The first kappa shape index (κ1) is 33.8. The number of hydrogen-bond donors (Lipinski definition) is 9. The first-order valence-corrected chi connectivity index (χ1v) is 13.3. The van der Waals surface area contributed by atoms with Crippen LogP contribution in [-0.2, 0) is 25.6 Å². The molecule has 3 rings (SSSR count). The monoisotopic (exact) mass is 586 g/mol. The van der Waals surface area contributed by atoms with Crippen molar-refractivity contribution in [1.29, 1.82) is 5.41 Å². The number of benzene rings is 1. The Morgan fingerprint density at radius 2 is 1.83 bits per heavy atom. The van der Waals surface area contributed by atoms with Crippen molar-refractivity contribution in [2.75, 3.05) is 19.6 Å². The van der Waals surface area contributed by atoms with Gasteiger partial charge >= 0.3 is 5.97 Å². The number of nitrogens with two attached hydrogens (primary N) is 2. The molecule has 1 aromatic carbocycles. The maximum Gasteiger partial charge on any atom is 0.326 e. The number of aromatic nitrogens is 1. The van der Waals surface area contributed by atoms with E-state index in [0.717, 1.165) is 22.0 Å². The number of fused-ring (bicyclic) bond motifs is 1. The van der Waals surface area contributed by atoms with Crippen LogP contribution in [0.4, 0.5) is 0 Å². The molecule has 0 aliphatic carbocycles.